The first-order chi connectivity index (χ1) is 7.31. The fourth-order valence-electron chi connectivity index (χ4n) is 1.48. The molecule has 4 heteroatoms. The number of nitrogens with one attached hydrogen (secondary N) is 1. The molecule has 0 saturated heterocycles. The molecule has 2 aromatic rings. The van der Waals surface area contributed by atoms with Crippen LogP contribution in [0, 0.1) is 0 Å². The van der Waals surface area contributed by atoms with Gasteiger partial charge in [0.05, 0.1) is 11.4 Å². The molecule has 0 spiro atoms. The first-order valence-corrected chi connectivity index (χ1v) is 5.02. The molecule has 4 nitrogen and oxygen atoms in total. The summed E-state index contributed by atoms with van der Waals surface area (Å²) in [5, 5.41) is 3.04. The fourth-order valence-corrected chi connectivity index (χ4v) is 1.48. The van der Waals surface area contributed by atoms with Crippen LogP contribution in [-0.2, 0) is 6.54 Å². The number of aromatic amines is 1. The van der Waals surface area contributed by atoms with Crippen LogP contribution in [0.4, 0.5) is 0 Å². The Morgan fingerprint density at radius 1 is 1.47 bits per heavy atom. The molecule has 15 heavy (non-hydrogen) atoms. The summed E-state index contributed by atoms with van der Waals surface area (Å²) in [5.74, 6) is 0. The summed E-state index contributed by atoms with van der Waals surface area (Å²) in [7, 11) is 0. The van der Waals surface area contributed by atoms with Gasteiger partial charge in [0.25, 0.3) is 5.56 Å². The highest BCUT2D eigenvalue weighted by Gasteiger charge is 2.04. The number of pyridine rings is 1. The first-order valence-electron chi connectivity index (χ1n) is 5.02. The molecule has 0 saturated carbocycles. The topological polar surface area (TPSA) is 50.7 Å². The van der Waals surface area contributed by atoms with Crippen molar-refractivity contribution < 1.29 is 0 Å². The number of hydrogen-bond acceptors (Lipinski definition) is 2. The lowest BCUT2D eigenvalue weighted by Crippen LogP contribution is -2.15. The standard InChI is InChI=1S/C11H13N3O/c1-2-7-14-11(15)8-10(13-14)9-5-3-4-6-12-9/h3-6,8,13H,2,7H2,1H3. The monoisotopic (exact) mass is 203 g/mol. The normalized spacial score (nSPS) is 10.5. The maximum absolute atomic E-state index is 11.5. The molecule has 1 N–H and O–H groups in total. The predicted octanol–water partition coefficient (Wildman–Crippen LogP) is 1.65. The molecule has 0 amide bonds. The molecule has 2 rings (SSSR count). The molecule has 2 heterocycles. The second-order valence-electron chi connectivity index (χ2n) is 3.37. The highest BCUT2D eigenvalue weighted by atomic mass is 16.1. The van der Waals surface area contributed by atoms with Gasteiger partial charge >= 0.3 is 0 Å². The Morgan fingerprint density at radius 2 is 2.33 bits per heavy atom. The summed E-state index contributed by atoms with van der Waals surface area (Å²) in [6.07, 6.45) is 2.65. The van der Waals surface area contributed by atoms with Crippen LogP contribution in [0.5, 0.6) is 0 Å². The van der Waals surface area contributed by atoms with Gasteiger partial charge in [-0.1, -0.05) is 13.0 Å². The predicted molar refractivity (Wildman–Crippen MR) is 58.6 cm³/mol. The van der Waals surface area contributed by atoms with E-state index in [1.807, 2.05) is 25.1 Å². The Morgan fingerprint density at radius 3 is 3.00 bits per heavy atom. The quantitative estimate of drug-likeness (QED) is 0.824. The van der Waals surface area contributed by atoms with E-state index < -0.39 is 0 Å². The SMILES string of the molecule is CCCn1[nH]c(-c2ccccn2)cc1=O. The summed E-state index contributed by atoms with van der Waals surface area (Å²) in [6.45, 7) is 2.75. The third kappa shape index (κ3) is 1.98. The van der Waals surface area contributed by atoms with Gasteiger partial charge < -0.3 is 0 Å². The second-order valence-corrected chi connectivity index (χ2v) is 3.37. The van der Waals surface area contributed by atoms with Gasteiger partial charge in [0.1, 0.15) is 0 Å². The van der Waals surface area contributed by atoms with E-state index in [9.17, 15) is 4.79 Å². The van der Waals surface area contributed by atoms with Gasteiger partial charge in [0.15, 0.2) is 0 Å². The Hall–Kier alpha value is -1.84. The van der Waals surface area contributed by atoms with Gasteiger partial charge in [-0.05, 0) is 18.6 Å². The molecule has 0 unspecified atom stereocenters. The van der Waals surface area contributed by atoms with Crippen molar-refractivity contribution >= 4 is 0 Å². The summed E-state index contributed by atoms with van der Waals surface area (Å²) in [5.41, 5.74) is 1.57. The molecular formula is C11H13N3O. The molecule has 0 aliphatic heterocycles. The van der Waals surface area contributed by atoms with Gasteiger partial charge in [-0.15, -0.1) is 0 Å². The molecule has 78 valence electrons. The van der Waals surface area contributed by atoms with Crippen LogP contribution in [-0.4, -0.2) is 14.8 Å². The minimum atomic E-state index is -0.00231. The van der Waals surface area contributed by atoms with E-state index in [4.69, 9.17) is 0 Å². The zero-order valence-corrected chi connectivity index (χ0v) is 8.60. The number of rotatable bonds is 3. The van der Waals surface area contributed by atoms with E-state index in [0.717, 1.165) is 17.8 Å². The number of aromatic nitrogens is 3. The molecule has 0 aliphatic carbocycles. The lowest BCUT2D eigenvalue weighted by atomic mass is 10.3. The zero-order chi connectivity index (χ0) is 10.7. The van der Waals surface area contributed by atoms with E-state index in [-0.39, 0.29) is 5.56 Å². The summed E-state index contributed by atoms with van der Waals surface area (Å²) >= 11 is 0. The number of hydrogen-bond donors (Lipinski definition) is 1. The van der Waals surface area contributed by atoms with Crippen molar-refractivity contribution in [3.8, 4) is 11.4 Å². The average molecular weight is 203 g/mol. The molecule has 0 fully saturated rings. The van der Waals surface area contributed by atoms with Gasteiger partial charge in [-0.2, -0.15) is 0 Å². The Balaban J connectivity index is 2.39. The average Bonchev–Trinajstić information content (AvgIpc) is 2.63. The van der Waals surface area contributed by atoms with E-state index in [0.29, 0.717) is 6.54 Å². The van der Waals surface area contributed by atoms with Crippen LogP contribution in [0.1, 0.15) is 13.3 Å². The Kier molecular flexibility index (Phi) is 2.67. The molecule has 0 bridgehead atoms. The van der Waals surface area contributed by atoms with Gasteiger partial charge in [0.2, 0.25) is 0 Å². The van der Waals surface area contributed by atoms with Crippen molar-refractivity contribution in [3.05, 3.63) is 40.8 Å². The van der Waals surface area contributed by atoms with E-state index in [1.54, 1.807) is 16.9 Å². The van der Waals surface area contributed by atoms with Crippen molar-refractivity contribution in [2.24, 2.45) is 0 Å². The minimum Gasteiger partial charge on any atom is -0.293 e. The summed E-state index contributed by atoms with van der Waals surface area (Å²) in [6, 6.07) is 7.21. The molecule has 0 aromatic carbocycles. The van der Waals surface area contributed by atoms with Crippen molar-refractivity contribution in [1.29, 1.82) is 0 Å². The fraction of sp³-hybridized carbons (Fsp3) is 0.273. The molecule has 2 aromatic heterocycles. The smallest absolute Gasteiger partial charge is 0.267 e. The van der Waals surface area contributed by atoms with Gasteiger partial charge in [-0.25, -0.2) is 0 Å². The maximum Gasteiger partial charge on any atom is 0.267 e. The molecule has 0 aliphatic rings. The lowest BCUT2D eigenvalue weighted by molar-refractivity contribution is 0.586. The first kappa shape index (κ1) is 9.71. The largest absolute Gasteiger partial charge is 0.293 e. The second kappa shape index (κ2) is 4.13. The zero-order valence-electron chi connectivity index (χ0n) is 8.60. The van der Waals surface area contributed by atoms with E-state index >= 15 is 0 Å². The number of H-pyrrole nitrogens is 1. The van der Waals surface area contributed by atoms with Crippen molar-refractivity contribution in [2.45, 2.75) is 19.9 Å². The van der Waals surface area contributed by atoms with Crippen molar-refractivity contribution in [1.82, 2.24) is 14.8 Å². The van der Waals surface area contributed by atoms with Gasteiger partial charge in [0, 0.05) is 18.8 Å². The lowest BCUT2D eigenvalue weighted by Gasteiger charge is -1.98. The molecule has 0 radical (unpaired) electrons. The molecule has 0 atom stereocenters. The highest BCUT2D eigenvalue weighted by Crippen LogP contribution is 2.10. The van der Waals surface area contributed by atoms with Crippen molar-refractivity contribution in [3.63, 3.8) is 0 Å². The summed E-state index contributed by atoms with van der Waals surface area (Å²) < 4.78 is 1.60. The van der Waals surface area contributed by atoms with Crippen LogP contribution < -0.4 is 5.56 Å². The minimum absolute atomic E-state index is 0.00231. The van der Waals surface area contributed by atoms with Crippen LogP contribution in [0.2, 0.25) is 0 Å². The van der Waals surface area contributed by atoms with Crippen molar-refractivity contribution in [2.75, 3.05) is 0 Å². The Labute approximate surface area is 87.6 Å². The maximum atomic E-state index is 11.5. The third-order valence-corrected chi connectivity index (χ3v) is 2.18. The van der Waals surface area contributed by atoms with Crippen LogP contribution >= 0.6 is 0 Å². The van der Waals surface area contributed by atoms with Crippen LogP contribution in [0.3, 0.4) is 0 Å². The highest BCUT2D eigenvalue weighted by molar-refractivity contribution is 5.52. The van der Waals surface area contributed by atoms with E-state index in [2.05, 4.69) is 10.1 Å². The third-order valence-electron chi connectivity index (χ3n) is 2.18. The van der Waals surface area contributed by atoms with Crippen LogP contribution in [0.15, 0.2) is 35.3 Å². The summed E-state index contributed by atoms with van der Waals surface area (Å²) in [4.78, 5) is 15.7. The van der Waals surface area contributed by atoms with E-state index in [1.165, 1.54) is 0 Å². The van der Waals surface area contributed by atoms with Crippen LogP contribution in [0.25, 0.3) is 11.4 Å². The molecular weight excluding hydrogens is 190 g/mol. The number of aryl methyl sites for hydroxylation is 1. The Bertz CT molecular complexity index is 484. The van der Waals surface area contributed by atoms with Gasteiger partial charge in [-0.3, -0.25) is 19.6 Å². The number of nitrogens with zero attached hydrogens (tertiary/aromatic N) is 2.